The normalized spacial score (nSPS) is 9.58. The maximum absolute atomic E-state index is 10.4. The van der Waals surface area contributed by atoms with Gasteiger partial charge in [0.05, 0.1) is 17.2 Å². The summed E-state index contributed by atoms with van der Waals surface area (Å²) in [7, 11) is 1.48. The summed E-state index contributed by atoms with van der Waals surface area (Å²) in [5.41, 5.74) is 0.363. The van der Waals surface area contributed by atoms with Crippen molar-refractivity contribution >= 4 is 29.5 Å². The van der Waals surface area contributed by atoms with Crippen molar-refractivity contribution in [1.29, 1.82) is 0 Å². The van der Waals surface area contributed by atoms with Crippen LogP contribution in [0.15, 0.2) is 12.1 Å². The fourth-order valence-corrected chi connectivity index (χ4v) is 1.24. The lowest BCUT2D eigenvalue weighted by atomic mass is 10.2. The minimum atomic E-state index is 0.339. The molecule has 0 aromatic heterocycles. The zero-order valence-electron chi connectivity index (χ0n) is 6.30. The van der Waals surface area contributed by atoms with Crippen LogP contribution in [-0.2, 0) is 0 Å². The molecule has 0 amide bonds. The van der Waals surface area contributed by atoms with E-state index < -0.39 is 0 Å². The van der Waals surface area contributed by atoms with Crippen molar-refractivity contribution in [2.24, 2.45) is 0 Å². The Bertz CT molecular complexity index is 310. The standard InChI is InChI=1S/C8H6Cl2O2/c1-12-8-3-6(9)5(4-11)2-7(8)10/h2-4H,1H3. The van der Waals surface area contributed by atoms with Crippen molar-refractivity contribution in [1.82, 2.24) is 0 Å². The maximum atomic E-state index is 10.4. The Hall–Kier alpha value is -0.730. The van der Waals surface area contributed by atoms with Crippen LogP contribution in [0.4, 0.5) is 0 Å². The van der Waals surface area contributed by atoms with E-state index in [0.29, 0.717) is 27.6 Å². The molecule has 0 saturated heterocycles. The fourth-order valence-electron chi connectivity index (χ4n) is 0.791. The van der Waals surface area contributed by atoms with E-state index in [4.69, 9.17) is 27.9 Å². The molecular formula is C8H6Cl2O2. The average molecular weight is 205 g/mol. The van der Waals surface area contributed by atoms with Gasteiger partial charge >= 0.3 is 0 Å². The quantitative estimate of drug-likeness (QED) is 0.694. The van der Waals surface area contributed by atoms with Crippen LogP contribution in [0.5, 0.6) is 5.75 Å². The molecule has 64 valence electrons. The topological polar surface area (TPSA) is 26.3 Å². The number of aldehydes is 1. The van der Waals surface area contributed by atoms with Crippen molar-refractivity contribution in [3.63, 3.8) is 0 Å². The number of ether oxygens (including phenoxy) is 1. The number of rotatable bonds is 2. The first-order chi connectivity index (χ1) is 5.69. The van der Waals surface area contributed by atoms with Gasteiger partial charge in [0.1, 0.15) is 5.75 Å². The van der Waals surface area contributed by atoms with Gasteiger partial charge in [0, 0.05) is 11.6 Å². The molecule has 12 heavy (non-hydrogen) atoms. The molecule has 1 aromatic rings. The van der Waals surface area contributed by atoms with Gasteiger partial charge in [-0.15, -0.1) is 0 Å². The summed E-state index contributed by atoms with van der Waals surface area (Å²) in [6, 6.07) is 2.98. The molecule has 0 N–H and O–H groups in total. The van der Waals surface area contributed by atoms with E-state index >= 15 is 0 Å². The lowest BCUT2D eigenvalue weighted by Crippen LogP contribution is -1.87. The minimum Gasteiger partial charge on any atom is -0.495 e. The molecule has 0 unspecified atom stereocenters. The predicted octanol–water partition coefficient (Wildman–Crippen LogP) is 2.81. The Labute approximate surface area is 80.0 Å². The van der Waals surface area contributed by atoms with Gasteiger partial charge in [-0.3, -0.25) is 4.79 Å². The molecule has 0 bridgehead atoms. The molecule has 0 heterocycles. The van der Waals surface area contributed by atoms with Crippen LogP contribution in [0.3, 0.4) is 0 Å². The third-order valence-corrected chi connectivity index (χ3v) is 2.02. The Kier molecular flexibility index (Phi) is 2.95. The van der Waals surface area contributed by atoms with Crippen molar-refractivity contribution in [3.8, 4) is 5.75 Å². The highest BCUT2D eigenvalue weighted by Crippen LogP contribution is 2.29. The second-order valence-corrected chi connectivity index (χ2v) is 2.94. The van der Waals surface area contributed by atoms with Crippen molar-refractivity contribution < 1.29 is 9.53 Å². The second-order valence-electron chi connectivity index (χ2n) is 2.13. The van der Waals surface area contributed by atoms with Gasteiger partial charge in [0.25, 0.3) is 0 Å². The first-order valence-electron chi connectivity index (χ1n) is 3.17. The first kappa shape index (κ1) is 9.36. The zero-order valence-corrected chi connectivity index (χ0v) is 7.82. The third-order valence-electron chi connectivity index (χ3n) is 1.40. The monoisotopic (exact) mass is 204 g/mol. The summed E-state index contributed by atoms with van der Waals surface area (Å²) in [5.74, 6) is 0.465. The predicted molar refractivity (Wildman–Crippen MR) is 48.4 cm³/mol. The number of carbonyl (C=O) groups excluding carboxylic acids is 1. The Balaban J connectivity index is 3.25. The number of methoxy groups -OCH3 is 1. The largest absolute Gasteiger partial charge is 0.495 e. The van der Waals surface area contributed by atoms with Crippen LogP contribution in [0.25, 0.3) is 0 Å². The van der Waals surface area contributed by atoms with E-state index in [1.54, 1.807) is 0 Å². The summed E-state index contributed by atoms with van der Waals surface area (Å²) >= 11 is 11.4. The second kappa shape index (κ2) is 3.78. The number of benzene rings is 1. The number of hydrogen-bond acceptors (Lipinski definition) is 2. The molecule has 4 heteroatoms. The van der Waals surface area contributed by atoms with Gasteiger partial charge in [-0.25, -0.2) is 0 Å². The van der Waals surface area contributed by atoms with E-state index in [-0.39, 0.29) is 0 Å². The molecule has 0 radical (unpaired) electrons. The highest BCUT2D eigenvalue weighted by atomic mass is 35.5. The molecule has 0 saturated carbocycles. The highest BCUT2D eigenvalue weighted by molar-refractivity contribution is 6.36. The van der Waals surface area contributed by atoms with Gasteiger partial charge in [-0.05, 0) is 6.07 Å². The average Bonchev–Trinajstić information content (AvgIpc) is 2.08. The van der Waals surface area contributed by atoms with Gasteiger partial charge in [-0.1, -0.05) is 23.2 Å². The smallest absolute Gasteiger partial charge is 0.151 e. The van der Waals surface area contributed by atoms with Crippen LogP contribution in [0.1, 0.15) is 10.4 Å². The van der Waals surface area contributed by atoms with Crippen molar-refractivity contribution in [2.45, 2.75) is 0 Å². The summed E-state index contributed by atoms with van der Waals surface area (Å²) in [5, 5.41) is 0.718. The van der Waals surface area contributed by atoms with Gasteiger partial charge in [0.15, 0.2) is 6.29 Å². The van der Waals surface area contributed by atoms with Crippen LogP contribution in [-0.4, -0.2) is 13.4 Å². The molecule has 1 aromatic carbocycles. The van der Waals surface area contributed by atoms with Gasteiger partial charge in [0.2, 0.25) is 0 Å². The first-order valence-corrected chi connectivity index (χ1v) is 3.93. The number of carbonyl (C=O) groups is 1. The van der Waals surface area contributed by atoms with E-state index in [9.17, 15) is 4.79 Å². The van der Waals surface area contributed by atoms with E-state index in [2.05, 4.69) is 0 Å². The molecular weight excluding hydrogens is 199 g/mol. The van der Waals surface area contributed by atoms with E-state index in [1.165, 1.54) is 19.2 Å². The molecule has 0 atom stereocenters. The fraction of sp³-hybridized carbons (Fsp3) is 0.125. The maximum Gasteiger partial charge on any atom is 0.151 e. The molecule has 1 rings (SSSR count). The van der Waals surface area contributed by atoms with Crippen LogP contribution in [0, 0.1) is 0 Å². The highest BCUT2D eigenvalue weighted by Gasteiger charge is 2.05. The molecule has 0 spiro atoms. The summed E-state index contributed by atoms with van der Waals surface area (Å²) in [6.07, 6.45) is 0.646. The summed E-state index contributed by atoms with van der Waals surface area (Å²) in [6.45, 7) is 0. The molecule has 2 nitrogen and oxygen atoms in total. The molecule has 0 aliphatic rings. The molecule has 0 aliphatic carbocycles. The van der Waals surface area contributed by atoms with Gasteiger partial charge < -0.3 is 4.74 Å². The molecule has 0 aliphatic heterocycles. The van der Waals surface area contributed by atoms with Gasteiger partial charge in [-0.2, -0.15) is 0 Å². The third kappa shape index (κ3) is 1.71. The lowest BCUT2D eigenvalue weighted by molar-refractivity contribution is 0.112. The van der Waals surface area contributed by atoms with Crippen LogP contribution < -0.4 is 4.74 Å². The summed E-state index contributed by atoms with van der Waals surface area (Å²) in [4.78, 5) is 10.4. The van der Waals surface area contributed by atoms with Crippen molar-refractivity contribution in [3.05, 3.63) is 27.7 Å². The van der Waals surface area contributed by atoms with Crippen LogP contribution >= 0.6 is 23.2 Å². The zero-order chi connectivity index (χ0) is 9.14. The summed E-state index contributed by atoms with van der Waals surface area (Å²) < 4.78 is 4.89. The van der Waals surface area contributed by atoms with E-state index in [0.717, 1.165) is 0 Å². The number of halogens is 2. The van der Waals surface area contributed by atoms with E-state index in [1.807, 2.05) is 0 Å². The Morgan fingerprint density at radius 1 is 1.33 bits per heavy atom. The Morgan fingerprint density at radius 2 is 2.00 bits per heavy atom. The Morgan fingerprint density at radius 3 is 2.50 bits per heavy atom. The van der Waals surface area contributed by atoms with Crippen molar-refractivity contribution in [2.75, 3.05) is 7.11 Å². The van der Waals surface area contributed by atoms with Crippen LogP contribution in [0.2, 0.25) is 10.0 Å². The SMILES string of the molecule is COc1cc(Cl)c(C=O)cc1Cl. The lowest BCUT2D eigenvalue weighted by Gasteiger charge is -2.04. The number of hydrogen-bond donors (Lipinski definition) is 0. The minimum absolute atomic E-state index is 0.339. The molecule has 0 fully saturated rings.